The minimum atomic E-state index is -6.12. The van der Waals surface area contributed by atoms with Crippen molar-refractivity contribution in [2.24, 2.45) is 11.8 Å². The highest BCUT2D eigenvalue weighted by Gasteiger charge is 2.61. The average molecular weight is 325 g/mol. The van der Waals surface area contributed by atoms with E-state index in [1.165, 1.54) is 0 Å². The fourth-order valence-electron chi connectivity index (χ4n) is 4.61. The van der Waals surface area contributed by atoms with E-state index in [0.29, 0.717) is 25.7 Å². The van der Waals surface area contributed by atoms with Gasteiger partial charge in [0, 0.05) is 6.42 Å². The zero-order valence-electron chi connectivity index (χ0n) is 11.0. The molecule has 4 aliphatic rings. The van der Waals surface area contributed by atoms with Gasteiger partial charge in [0.15, 0.2) is 10.1 Å². The van der Waals surface area contributed by atoms with Crippen LogP contribution in [-0.2, 0) is 19.6 Å². The third-order valence-corrected chi connectivity index (χ3v) is 5.63. The van der Waals surface area contributed by atoms with Crippen LogP contribution in [0, 0.1) is 11.8 Å². The van der Waals surface area contributed by atoms with Gasteiger partial charge in [0.2, 0.25) is 0 Å². The van der Waals surface area contributed by atoms with Crippen LogP contribution in [0.4, 0.5) is 8.78 Å². The molecule has 4 saturated carbocycles. The fraction of sp³-hybridized carbons (Fsp3) is 0.917. The summed E-state index contributed by atoms with van der Waals surface area (Å²) in [4.78, 5) is 11.5. The molecule has 1 N–H and O–H groups in total. The molecule has 120 valence electrons. The van der Waals surface area contributed by atoms with Gasteiger partial charge >= 0.3 is 11.2 Å². The molecule has 0 aromatic heterocycles. The summed E-state index contributed by atoms with van der Waals surface area (Å²) in [7, 11) is -6.12. The van der Waals surface area contributed by atoms with E-state index in [2.05, 4.69) is 0 Å². The predicted octanol–water partition coefficient (Wildman–Crippen LogP) is 0.751. The molecule has 0 spiro atoms. The van der Waals surface area contributed by atoms with Crippen LogP contribution in [0.2, 0.25) is 0 Å². The van der Waals surface area contributed by atoms with Gasteiger partial charge in [-0.3, -0.25) is 0 Å². The van der Waals surface area contributed by atoms with Gasteiger partial charge in [-0.1, -0.05) is 0 Å². The first-order chi connectivity index (χ1) is 9.45. The van der Waals surface area contributed by atoms with E-state index in [1.807, 2.05) is 0 Å². The normalized spacial score (nSPS) is 42.1. The third kappa shape index (κ3) is 2.35. The predicted molar refractivity (Wildman–Crippen MR) is 63.1 cm³/mol. The quantitative estimate of drug-likeness (QED) is 0.606. The maximum Gasteiger partial charge on any atom is 0.428 e. The summed E-state index contributed by atoms with van der Waals surface area (Å²) in [5, 5.41) is 5.29. The van der Waals surface area contributed by atoms with Crippen LogP contribution in [0.15, 0.2) is 0 Å². The highest BCUT2D eigenvalue weighted by atomic mass is 32.2. The van der Waals surface area contributed by atoms with Crippen LogP contribution >= 0.6 is 0 Å². The van der Waals surface area contributed by atoms with Crippen molar-refractivity contribution in [1.29, 1.82) is 0 Å². The maximum atomic E-state index is 13.3. The molecule has 0 aromatic rings. The molecule has 4 rings (SSSR count). The van der Waals surface area contributed by atoms with Crippen molar-refractivity contribution in [3.63, 3.8) is 0 Å². The number of carbonyl (C=O) groups excluding carboxylic acids is 1. The number of esters is 1. The van der Waals surface area contributed by atoms with E-state index in [4.69, 9.17) is 4.74 Å². The molecule has 2 unspecified atom stereocenters. The average Bonchev–Trinajstić information content (AvgIpc) is 2.22. The van der Waals surface area contributed by atoms with Gasteiger partial charge in [-0.2, -0.15) is 8.78 Å². The van der Waals surface area contributed by atoms with Crippen LogP contribution in [0.25, 0.3) is 0 Å². The zero-order chi connectivity index (χ0) is 15.7. The van der Waals surface area contributed by atoms with E-state index in [0.717, 1.165) is 6.42 Å². The van der Waals surface area contributed by atoms with Gasteiger partial charge in [0.05, 0.1) is 5.60 Å². The van der Waals surface area contributed by atoms with E-state index in [1.54, 1.807) is 0 Å². The van der Waals surface area contributed by atoms with Gasteiger partial charge in [0.25, 0.3) is 0 Å². The van der Waals surface area contributed by atoms with Gasteiger partial charge in [0.1, 0.15) is 5.60 Å². The number of aliphatic hydroxyl groups is 1. The van der Waals surface area contributed by atoms with Crippen LogP contribution in [0.5, 0.6) is 0 Å². The number of carbonyl (C=O) groups is 1. The molecule has 0 saturated heterocycles. The Morgan fingerprint density at radius 3 is 2.19 bits per heavy atom. The summed E-state index contributed by atoms with van der Waals surface area (Å²) in [5.74, 6) is -2.19. The van der Waals surface area contributed by atoms with Crippen molar-refractivity contribution in [3.8, 4) is 0 Å². The van der Waals surface area contributed by atoms with Crippen LogP contribution in [-0.4, -0.2) is 40.5 Å². The number of halogens is 2. The molecule has 0 heterocycles. The van der Waals surface area contributed by atoms with E-state index < -0.39 is 32.5 Å². The molecular formula is C12H15F2O6S-. The molecule has 0 amide bonds. The lowest BCUT2D eigenvalue weighted by Gasteiger charge is -2.59. The molecule has 9 heteroatoms. The number of alkyl halides is 2. The number of hydrogen-bond donors (Lipinski definition) is 1. The summed E-state index contributed by atoms with van der Waals surface area (Å²) < 4.78 is 62.8. The topological polar surface area (TPSA) is 104 Å². The van der Waals surface area contributed by atoms with Crippen molar-refractivity contribution in [3.05, 3.63) is 0 Å². The van der Waals surface area contributed by atoms with E-state index >= 15 is 0 Å². The lowest BCUT2D eigenvalue weighted by atomic mass is 9.52. The molecule has 2 atom stereocenters. The minimum absolute atomic E-state index is 0.0216. The Bertz CT molecular complexity index is 573. The van der Waals surface area contributed by atoms with Gasteiger partial charge in [-0.05, 0) is 43.9 Å². The largest absolute Gasteiger partial charge is 0.743 e. The monoisotopic (exact) mass is 325 g/mol. The first-order valence-corrected chi connectivity index (χ1v) is 8.15. The van der Waals surface area contributed by atoms with Crippen molar-refractivity contribution in [2.45, 2.75) is 55.0 Å². The molecule has 6 nitrogen and oxygen atoms in total. The summed E-state index contributed by atoms with van der Waals surface area (Å²) >= 11 is 0. The summed E-state index contributed by atoms with van der Waals surface area (Å²) in [5.41, 5.74) is -2.32. The lowest BCUT2D eigenvalue weighted by molar-refractivity contribution is -0.228. The molecule has 21 heavy (non-hydrogen) atoms. The minimum Gasteiger partial charge on any atom is -0.743 e. The van der Waals surface area contributed by atoms with Crippen LogP contribution in [0.1, 0.15) is 38.5 Å². The Hall–Kier alpha value is -0.800. The second-order valence-electron chi connectivity index (χ2n) is 6.73. The Kier molecular flexibility index (Phi) is 2.98. The summed E-state index contributed by atoms with van der Waals surface area (Å²) in [6.07, 6.45) is 2.60. The smallest absolute Gasteiger partial charge is 0.428 e. The Morgan fingerprint density at radius 2 is 1.76 bits per heavy atom. The molecule has 0 aromatic carbocycles. The van der Waals surface area contributed by atoms with Gasteiger partial charge < -0.3 is 14.4 Å². The van der Waals surface area contributed by atoms with Crippen LogP contribution < -0.4 is 0 Å². The molecule has 4 bridgehead atoms. The van der Waals surface area contributed by atoms with Crippen molar-refractivity contribution in [2.75, 3.05) is 0 Å². The van der Waals surface area contributed by atoms with Gasteiger partial charge in [-0.25, -0.2) is 13.2 Å². The first-order valence-electron chi connectivity index (χ1n) is 6.74. The molecule has 4 fully saturated rings. The number of rotatable bonds is 3. The fourth-order valence-corrected chi connectivity index (χ4v) is 4.85. The summed E-state index contributed by atoms with van der Waals surface area (Å²) in [6.45, 7) is 0. The maximum absolute atomic E-state index is 13.3. The number of ether oxygens (including phenoxy) is 1. The zero-order valence-corrected chi connectivity index (χ0v) is 11.9. The molecule has 4 aliphatic carbocycles. The van der Waals surface area contributed by atoms with Crippen molar-refractivity contribution in [1.82, 2.24) is 0 Å². The molecule has 0 aliphatic heterocycles. The van der Waals surface area contributed by atoms with E-state index in [-0.39, 0.29) is 18.3 Å². The van der Waals surface area contributed by atoms with Crippen molar-refractivity contribution >= 4 is 16.1 Å². The Morgan fingerprint density at radius 1 is 1.24 bits per heavy atom. The van der Waals surface area contributed by atoms with Crippen molar-refractivity contribution < 1.29 is 36.4 Å². The Labute approximate surface area is 120 Å². The SMILES string of the molecule is O=C(OC12CC3CC(CC(O)(C3)C1)C2)C(F)(F)S(=O)(=O)[O-]. The molecular weight excluding hydrogens is 310 g/mol. The van der Waals surface area contributed by atoms with Crippen LogP contribution in [0.3, 0.4) is 0 Å². The highest BCUT2D eigenvalue weighted by Crippen LogP contribution is 2.59. The summed E-state index contributed by atoms with van der Waals surface area (Å²) in [6, 6.07) is 0. The standard InChI is InChI=1S/C12H16F2O6S/c13-12(14,21(17,18)19)9(15)20-11-4-7-1-8(5-11)3-10(16,2-7)6-11/h7-8,16H,1-6H2,(H,17,18,19)/p-1. The Balaban J connectivity index is 1.84. The number of hydrogen-bond acceptors (Lipinski definition) is 6. The van der Waals surface area contributed by atoms with E-state index in [9.17, 15) is 31.7 Å². The second kappa shape index (κ2) is 4.14. The third-order valence-electron chi connectivity index (χ3n) is 4.84. The first kappa shape index (κ1) is 15.1. The second-order valence-corrected chi connectivity index (χ2v) is 8.15. The van der Waals surface area contributed by atoms with Gasteiger partial charge in [-0.15, -0.1) is 0 Å². The lowest BCUT2D eigenvalue weighted by Crippen LogP contribution is -2.61. The highest BCUT2D eigenvalue weighted by molar-refractivity contribution is 7.87. The molecule has 0 radical (unpaired) electrons.